The third-order valence-electron chi connectivity index (χ3n) is 5.81. The minimum Gasteiger partial charge on any atom is -0.462 e. The Morgan fingerprint density at radius 1 is 1.16 bits per heavy atom. The first kappa shape index (κ1) is 26.3. The third-order valence-corrected chi connectivity index (χ3v) is 7.64. The Balaban J connectivity index is 1.81. The number of hydrogen-bond acceptors (Lipinski definition) is 7. The minimum atomic E-state index is -3.79. The maximum Gasteiger partial charge on any atom is 0.348 e. The molecule has 10 heteroatoms. The summed E-state index contributed by atoms with van der Waals surface area (Å²) in [5, 5.41) is 14.3. The summed E-state index contributed by atoms with van der Waals surface area (Å²) in [6.45, 7) is 6.01. The average Bonchev–Trinajstić information content (AvgIpc) is 3.31. The molecular formula is C27H28N4O5S. The fourth-order valence-electron chi connectivity index (χ4n) is 4.21. The Hall–Kier alpha value is -3.78. The molecule has 9 nitrogen and oxygen atoms in total. The van der Waals surface area contributed by atoms with Gasteiger partial charge in [-0.2, -0.15) is 14.7 Å². The number of ether oxygens (including phenoxy) is 2. The van der Waals surface area contributed by atoms with Crippen LogP contribution in [0.5, 0.6) is 0 Å². The molecule has 0 amide bonds. The van der Waals surface area contributed by atoms with Crippen molar-refractivity contribution in [3.05, 3.63) is 71.9 Å². The van der Waals surface area contributed by atoms with E-state index in [1.807, 2.05) is 50.2 Å². The van der Waals surface area contributed by atoms with Crippen LogP contribution in [0.1, 0.15) is 26.3 Å². The van der Waals surface area contributed by atoms with E-state index in [4.69, 9.17) is 9.47 Å². The molecule has 1 aromatic heterocycles. The van der Waals surface area contributed by atoms with Crippen LogP contribution in [0.4, 0.5) is 0 Å². The van der Waals surface area contributed by atoms with Crippen LogP contribution in [0.3, 0.4) is 0 Å². The van der Waals surface area contributed by atoms with Gasteiger partial charge in [0.2, 0.25) is 10.0 Å². The summed E-state index contributed by atoms with van der Waals surface area (Å²) in [6.07, 6.45) is 2.67. The Morgan fingerprint density at radius 2 is 1.86 bits per heavy atom. The van der Waals surface area contributed by atoms with E-state index >= 15 is 0 Å². The number of aromatic nitrogens is 2. The van der Waals surface area contributed by atoms with Gasteiger partial charge in [-0.1, -0.05) is 30.3 Å². The SMILES string of the molecule is CCOC(=O)/C(C#N)=C/c1cn(-c2ccccc2)nc1-c1cccc(S(=O)(=O)N2C[C@@H](C)O[C@@H](C)C2)c1. The van der Waals surface area contributed by atoms with Gasteiger partial charge in [-0.05, 0) is 51.1 Å². The zero-order chi connectivity index (χ0) is 26.6. The van der Waals surface area contributed by atoms with E-state index in [1.165, 1.54) is 10.4 Å². The summed E-state index contributed by atoms with van der Waals surface area (Å²) < 4.78 is 40.7. The Labute approximate surface area is 216 Å². The zero-order valence-electron chi connectivity index (χ0n) is 20.9. The van der Waals surface area contributed by atoms with E-state index in [0.29, 0.717) is 16.8 Å². The van der Waals surface area contributed by atoms with Crippen LogP contribution in [-0.2, 0) is 24.3 Å². The van der Waals surface area contributed by atoms with Gasteiger partial charge in [-0.15, -0.1) is 0 Å². The number of rotatable bonds is 7. The molecule has 2 heterocycles. The largest absolute Gasteiger partial charge is 0.462 e. The van der Waals surface area contributed by atoms with Crippen molar-refractivity contribution in [1.82, 2.24) is 14.1 Å². The molecule has 192 valence electrons. The minimum absolute atomic E-state index is 0.126. The molecule has 1 aliphatic rings. The smallest absolute Gasteiger partial charge is 0.348 e. The van der Waals surface area contributed by atoms with E-state index in [2.05, 4.69) is 5.10 Å². The van der Waals surface area contributed by atoms with Crippen molar-refractivity contribution in [3.8, 4) is 23.0 Å². The number of carbonyl (C=O) groups excluding carboxylic acids is 1. The number of carbonyl (C=O) groups is 1. The van der Waals surface area contributed by atoms with E-state index in [1.54, 1.807) is 42.1 Å². The second-order valence-electron chi connectivity index (χ2n) is 8.71. The molecule has 2 aromatic carbocycles. The van der Waals surface area contributed by atoms with E-state index in [0.717, 1.165) is 5.69 Å². The molecule has 4 rings (SSSR count). The fraction of sp³-hybridized carbons (Fsp3) is 0.296. The molecule has 1 saturated heterocycles. The number of nitriles is 1. The van der Waals surface area contributed by atoms with Gasteiger partial charge in [0.1, 0.15) is 17.3 Å². The van der Waals surface area contributed by atoms with Crippen molar-refractivity contribution in [2.75, 3.05) is 19.7 Å². The van der Waals surface area contributed by atoms with Crippen LogP contribution in [0, 0.1) is 11.3 Å². The summed E-state index contributed by atoms with van der Waals surface area (Å²) in [7, 11) is -3.79. The molecule has 3 aromatic rings. The second kappa shape index (κ2) is 11.1. The van der Waals surface area contributed by atoms with Crippen molar-refractivity contribution in [2.24, 2.45) is 0 Å². The maximum atomic E-state index is 13.5. The monoisotopic (exact) mass is 520 g/mol. The number of hydrogen-bond donors (Lipinski definition) is 0. The highest BCUT2D eigenvalue weighted by atomic mass is 32.2. The lowest BCUT2D eigenvalue weighted by atomic mass is 10.1. The van der Waals surface area contributed by atoms with E-state index in [-0.39, 0.29) is 42.4 Å². The molecular weight excluding hydrogens is 492 g/mol. The quantitative estimate of drug-likeness (QED) is 0.264. The molecule has 2 atom stereocenters. The molecule has 0 saturated carbocycles. The van der Waals surface area contributed by atoms with Crippen molar-refractivity contribution >= 4 is 22.1 Å². The summed E-state index contributed by atoms with van der Waals surface area (Å²) in [5.41, 5.74) is 1.99. The van der Waals surface area contributed by atoms with Crippen LogP contribution in [0.2, 0.25) is 0 Å². The van der Waals surface area contributed by atoms with Gasteiger partial charge < -0.3 is 9.47 Å². The highest BCUT2D eigenvalue weighted by Crippen LogP contribution is 2.29. The summed E-state index contributed by atoms with van der Waals surface area (Å²) in [4.78, 5) is 12.4. The van der Waals surface area contributed by atoms with Crippen LogP contribution in [-0.4, -0.2) is 60.4 Å². The number of sulfonamides is 1. The van der Waals surface area contributed by atoms with Gasteiger partial charge in [-0.3, -0.25) is 0 Å². The highest BCUT2D eigenvalue weighted by Gasteiger charge is 2.32. The molecule has 1 fully saturated rings. The van der Waals surface area contributed by atoms with Crippen LogP contribution >= 0.6 is 0 Å². The number of para-hydroxylation sites is 1. The number of benzene rings is 2. The van der Waals surface area contributed by atoms with Crippen LogP contribution in [0.25, 0.3) is 23.0 Å². The first-order chi connectivity index (χ1) is 17.7. The van der Waals surface area contributed by atoms with Crippen molar-refractivity contribution in [3.63, 3.8) is 0 Å². The summed E-state index contributed by atoms with van der Waals surface area (Å²) >= 11 is 0. The average molecular weight is 521 g/mol. The first-order valence-corrected chi connectivity index (χ1v) is 13.4. The maximum absolute atomic E-state index is 13.5. The molecule has 0 aliphatic carbocycles. The van der Waals surface area contributed by atoms with Gasteiger partial charge in [0.05, 0.1) is 29.4 Å². The van der Waals surface area contributed by atoms with Gasteiger partial charge in [-0.25, -0.2) is 17.9 Å². The van der Waals surface area contributed by atoms with E-state index in [9.17, 15) is 18.5 Å². The number of nitrogens with zero attached hydrogens (tertiary/aromatic N) is 4. The van der Waals surface area contributed by atoms with Crippen molar-refractivity contribution < 1.29 is 22.7 Å². The lowest BCUT2D eigenvalue weighted by Gasteiger charge is -2.34. The standard InChI is InChI=1S/C27H28N4O5S/c1-4-35-27(32)22(15-28)13-23-18-31(24-10-6-5-7-11-24)29-26(23)21-9-8-12-25(14-21)37(33,34)30-16-19(2)36-20(3)17-30/h5-14,18-20H,4,16-17H2,1-3H3/b22-13+/t19-,20+. The Morgan fingerprint density at radius 3 is 2.51 bits per heavy atom. The normalized spacial score (nSPS) is 18.8. The lowest BCUT2D eigenvalue weighted by Crippen LogP contribution is -2.48. The van der Waals surface area contributed by atoms with Gasteiger partial charge in [0.15, 0.2) is 0 Å². The van der Waals surface area contributed by atoms with Crippen molar-refractivity contribution in [1.29, 1.82) is 5.26 Å². The van der Waals surface area contributed by atoms with Gasteiger partial charge in [0.25, 0.3) is 0 Å². The Kier molecular flexibility index (Phi) is 7.88. The topological polar surface area (TPSA) is 115 Å². The van der Waals surface area contributed by atoms with Crippen LogP contribution in [0.15, 0.2) is 71.3 Å². The number of morpholine rings is 1. The van der Waals surface area contributed by atoms with Crippen molar-refractivity contribution in [2.45, 2.75) is 37.9 Å². The lowest BCUT2D eigenvalue weighted by molar-refractivity contribution is -0.137. The van der Waals surface area contributed by atoms with E-state index < -0.39 is 16.0 Å². The fourth-order valence-corrected chi connectivity index (χ4v) is 5.85. The molecule has 0 unspecified atom stereocenters. The molecule has 37 heavy (non-hydrogen) atoms. The highest BCUT2D eigenvalue weighted by molar-refractivity contribution is 7.89. The number of esters is 1. The second-order valence-corrected chi connectivity index (χ2v) is 10.6. The van der Waals surface area contributed by atoms with Gasteiger partial charge >= 0.3 is 5.97 Å². The summed E-state index contributed by atoms with van der Waals surface area (Å²) in [6, 6.07) is 17.7. The molecule has 1 aliphatic heterocycles. The zero-order valence-corrected chi connectivity index (χ0v) is 21.7. The molecule has 0 radical (unpaired) electrons. The van der Waals surface area contributed by atoms with Crippen LogP contribution < -0.4 is 0 Å². The molecule has 0 bridgehead atoms. The Bertz CT molecular complexity index is 1450. The molecule has 0 spiro atoms. The molecule has 0 N–H and O–H groups in total. The summed E-state index contributed by atoms with van der Waals surface area (Å²) in [5.74, 6) is -0.740. The predicted octanol–water partition coefficient (Wildman–Crippen LogP) is 3.81. The third kappa shape index (κ3) is 5.80. The predicted molar refractivity (Wildman–Crippen MR) is 138 cm³/mol. The van der Waals surface area contributed by atoms with Gasteiger partial charge in [0, 0.05) is 30.4 Å². The first-order valence-electron chi connectivity index (χ1n) is 11.9.